The van der Waals surface area contributed by atoms with Gasteiger partial charge in [-0.3, -0.25) is 5.26 Å². The molecule has 0 radical (unpaired) electrons. The molecule has 0 saturated heterocycles. The third-order valence-electron chi connectivity index (χ3n) is 2.28. The summed E-state index contributed by atoms with van der Waals surface area (Å²) in [6.07, 6.45) is 0. The predicted molar refractivity (Wildman–Crippen MR) is 65.3 cm³/mol. The first-order chi connectivity index (χ1) is 8.79. The van der Waals surface area contributed by atoms with Crippen LogP contribution in [0.2, 0.25) is 0 Å². The summed E-state index contributed by atoms with van der Waals surface area (Å²) in [5.74, 6) is 0.380. The van der Waals surface area contributed by atoms with Gasteiger partial charge in [-0.05, 0) is 23.3 Å². The lowest BCUT2D eigenvalue weighted by atomic mass is 10.1. The lowest BCUT2D eigenvalue weighted by Crippen LogP contribution is -2.22. The Balaban J connectivity index is 2.02. The van der Waals surface area contributed by atoms with Crippen molar-refractivity contribution in [3.8, 4) is 16.9 Å². The van der Waals surface area contributed by atoms with E-state index < -0.39 is 7.32 Å². The second-order valence-corrected chi connectivity index (χ2v) is 3.48. The maximum Gasteiger partial charge on any atom is 0.703 e. The van der Waals surface area contributed by atoms with Gasteiger partial charge in [-0.2, -0.15) is 4.81 Å². The zero-order valence-corrected chi connectivity index (χ0v) is 9.39. The normalized spacial score (nSPS) is 10.1. The molecule has 0 aromatic heterocycles. The Morgan fingerprint density at radius 2 is 1.44 bits per heavy atom. The summed E-state index contributed by atoms with van der Waals surface area (Å²) in [6.45, 7) is 0. The highest BCUT2D eigenvalue weighted by molar-refractivity contribution is 6.33. The Hall–Kier alpha value is -1.86. The molecule has 2 aromatic rings. The monoisotopic (exact) mass is 246 g/mol. The molecule has 0 heterocycles. The molecular formula is C12H11BO5. The third kappa shape index (κ3) is 3.32. The predicted octanol–water partition coefficient (Wildman–Crippen LogP) is 2.13. The zero-order valence-electron chi connectivity index (χ0n) is 9.39. The van der Waals surface area contributed by atoms with Crippen LogP contribution in [-0.4, -0.2) is 17.6 Å². The zero-order chi connectivity index (χ0) is 12.8. The van der Waals surface area contributed by atoms with E-state index in [0.717, 1.165) is 11.1 Å². The Kier molecular flexibility index (Phi) is 4.32. The Morgan fingerprint density at radius 1 is 0.833 bits per heavy atom. The number of rotatable bonds is 5. The molecule has 0 unspecified atom stereocenters. The molecule has 6 heteroatoms. The topological polar surface area (TPSA) is 68.2 Å². The molecule has 2 N–H and O–H groups in total. The quantitative estimate of drug-likeness (QED) is 0.480. The molecular weight excluding hydrogens is 235 g/mol. The first-order valence-corrected chi connectivity index (χ1v) is 5.27. The van der Waals surface area contributed by atoms with E-state index in [0.29, 0.717) is 5.75 Å². The van der Waals surface area contributed by atoms with Crippen molar-refractivity contribution in [2.75, 3.05) is 0 Å². The molecule has 0 atom stereocenters. The van der Waals surface area contributed by atoms with Gasteiger partial charge in [-0.1, -0.05) is 42.5 Å². The molecule has 0 bridgehead atoms. The molecule has 0 aliphatic rings. The van der Waals surface area contributed by atoms with Gasteiger partial charge in [-0.15, -0.1) is 0 Å². The molecule has 0 saturated carbocycles. The Bertz CT molecular complexity index is 474. The molecule has 18 heavy (non-hydrogen) atoms. The van der Waals surface area contributed by atoms with E-state index in [2.05, 4.69) is 9.61 Å². The Morgan fingerprint density at radius 3 is 2.06 bits per heavy atom. The van der Waals surface area contributed by atoms with Crippen molar-refractivity contribution in [3.05, 3.63) is 54.6 Å². The van der Waals surface area contributed by atoms with Crippen LogP contribution >= 0.6 is 0 Å². The minimum Gasteiger partial charge on any atom is -0.398 e. The summed E-state index contributed by atoms with van der Waals surface area (Å²) >= 11 is 0. The van der Waals surface area contributed by atoms with Crippen LogP contribution in [0.1, 0.15) is 0 Å². The van der Waals surface area contributed by atoms with Gasteiger partial charge in [0.1, 0.15) is 0 Å². The average Bonchev–Trinajstić information content (AvgIpc) is 2.46. The summed E-state index contributed by atoms with van der Waals surface area (Å²) in [4.78, 5) is 12.5. The first kappa shape index (κ1) is 12.6. The molecule has 2 rings (SSSR count). The largest absolute Gasteiger partial charge is 0.703 e. The van der Waals surface area contributed by atoms with Crippen LogP contribution in [0.5, 0.6) is 5.75 Å². The molecule has 0 aliphatic carbocycles. The van der Waals surface area contributed by atoms with Crippen LogP contribution < -0.4 is 4.89 Å². The molecule has 92 valence electrons. The second-order valence-electron chi connectivity index (χ2n) is 3.48. The van der Waals surface area contributed by atoms with Crippen molar-refractivity contribution in [1.29, 1.82) is 0 Å². The van der Waals surface area contributed by atoms with Crippen LogP contribution in [0.3, 0.4) is 0 Å². The van der Waals surface area contributed by atoms with E-state index in [4.69, 9.17) is 15.2 Å². The minimum atomic E-state index is -1.83. The van der Waals surface area contributed by atoms with Crippen LogP contribution in [-0.2, 0) is 9.61 Å². The molecule has 5 nitrogen and oxygen atoms in total. The summed E-state index contributed by atoms with van der Waals surface area (Å²) < 4.78 is 0. The van der Waals surface area contributed by atoms with Crippen LogP contribution in [0.25, 0.3) is 11.1 Å². The highest BCUT2D eigenvalue weighted by Crippen LogP contribution is 2.22. The van der Waals surface area contributed by atoms with Crippen LogP contribution in [0.4, 0.5) is 0 Å². The van der Waals surface area contributed by atoms with Crippen molar-refractivity contribution < 1.29 is 24.8 Å². The van der Waals surface area contributed by atoms with Crippen molar-refractivity contribution in [2.45, 2.75) is 0 Å². The maximum absolute atomic E-state index is 8.73. The molecule has 0 fully saturated rings. The number of hydrogen-bond acceptors (Lipinski definition) is 5. The van der Waals surface area contributed by atoms with Gasteiger partial charge in [-0.25, -0.2) is 4.81 Å². The highest BCUT2D eigenvalue weighted by Gasteiger charge is 2.17. The SMILES string of the molecule is OOB(O)OOc1ccc(-c2ccccc2)cc1. The first-order valence-electron chi connectivity index (χ1n) is 5.27. The second kappa shape index (κ2) is 6.18. The fraction of sp³-hybridized carbons (Fsp3) is 0. The van der Waals surface area contributed by atoms with Crippen LogP contribution in [0, 0.1) is 0 Å². The van der Waals surface area contributed by atoms with E-state index in [-0.39, 0.29) is 0 Å². The van der Waals surface area contributed by atoms with Gasteiger partial charge in [0.2, 0.25) is 0 Å². The van der Waals surface area contributed by atoms with E-state index in [1.807, 2.05) is 42.5 Å². The fourth-order valence-electron chi connectivity index (χ4n) is 1.45. The van der Waals surface area contributed by atoms with Gasteiger partial charge in [0.25, 0.3) is 0 Å². The van der Waals surface area contributed by atoms with Gasteiger partial charge in [0.15, 0.2) is 5.75 Å². The number of hydrogen-bond donors (Lipinski definition) is 2. The van der Waals surface area contributed by atoms with Gasteiger partial charge in [0.05, 0.1) is 0 Å². The average molecular weight is 246 g/mol. The molecule has 0 spiro atoms. The van der Waals surface area contributed by atoms with Crippen molar-refractivity contribution in [1.82, 2.24) is 0 Å². The molecule has 2 aromatic carbocycles. The molecule has 0 amide bonds. The van der Waals surface area contributed by atoms with Gasteiger partial charge in [0, 0.05) is 0 Å². The number of benzene rings is 2. The van der Waals surface area contributed by atoms with Crippen molar-refractivity contribution in [2.24, 2.45) is 0 Å². The minimum absolute atomic E-state index is 0.380. The lowest BCUT2D eigenvalue weighted by Gasteiger charge is -2.06. The van der Waals surface area contributed by atoms with E-state index in [9.17, 15) is 0 Å². The van der Waals surface area contributed by atoms with E-state index in [1.165, 1.54) is 0 Å². The molecule has 0 aliphatic heterocycles. The summed E-state index contributed by atoms with van der Waals surface area (Å²) in [5, 5.41) is 16.8. The summed E-state index contributed by atoms with van der Waals surface area (Å²) in [7, 11) is -1.83. The van der Waals surface area contributed by atoms with Gasteiger partial charge < -0.3 is 9.91 Å². The Labute approximate surface area is 104 Å². The van der Waals surface area contributed by atoms with Crippen molar-refractivity contribution >= 4 is 7.32 Å². The summed E-state index contributed by atoms with van der Waals surface area (Å²) in [5.41, 5.74) is 2.12. The van der Waals surface area contributed by atoms with Gasteiger partial charge >= 0.3 is 7.32 Å². The third-order valence-corrected chi connectivity index (χ3v) is 2.28. The lowest BCUT2D eigenvalue weighted by molar-refractivity contribution is -0.229. The summed E-state index contributed by atoms with van der Waals surface area (Å²) in [6, 6.07) is 16.9. The van der Waals surface area contributed by atoms with E-state index >= 15 is 0 Å². The van der Waals surface area contributed by atoms with Crippen molar-refractivity contribution in [3.63, 3.8) is 0 Å². The standard InChI is InChI=1S/C12H11BO5/c14-13(17-15)18-16-12-8-6-11(7-9-12)10-4-2-1-3-5-10/h1-9,14-15H. The fourth-order valence-corrected chi connectivity index (χ4v) is 1.45. The van der Waals surface area contributed by atoms with E-state index in [1.54, 1.807) is 12.1 Å². The maximum atomic E-state index is 8.73. The highest BCUT2D eigenvalue weighted by atomic mass is 17.3. The smallest absolute Gasteiger partial charge is 0.398 e. The van der Waals surface area contributed by atoms with Crippen LogP contribution in [0.15, 0.2) is 54.6 Å².